The maximum Gasteiger partial charge on any atom is 0.291 e. The summed E-state index contributed by atoms with van der Waals surface area (Å²) in [7, 11) is 0. The monoisotopic (exact) mass is 311 g/mol. The van der Waals surface area contributed by atoms with E-state index in [0.29, 0.717) is 13.1 Å². The molecule has 0 bridgehead atoms. The van der Waals surface area contributed by atoms with Gasteiger partial charge in [0.05, 0.1) is 11.0 Å². The van der Waals surface area contributed by atoms with Crippen LogP contribution in [0.3, 0.4) is 0 Å². The lowest BCUT2D eigenvalue weighted by Crippen LogP contribution is -2.39. The molecule has 1 aliphatic rings. The highest BCUT2D eigenvalue weighted by atomic mass is 16.2. The standard InChI is InChI=1S/C15H17N7O/c16-15-19-13(20-21-15)14(23)22-7-3-4-9(8-22)12-17-10-5-1-2-6-11(10)18-12/h1-2,5-6,9H,3-4,7-8H2,(H,17,18)(H3,16,19,20,21)/t9-/m0/s1. The highest BCUT2D eigenvalue weighted by molar-refractivity contribution is 5.90. The first kappa shape index (κ1) is 13.7. The van der Waals surface area contributed by atoms with Crippen LogP contribution < -0.4 is 5.73 Å². The van der Waals surface area contributed by atoms with Gasteiger partial charge >= 0.3 is 0 Å². The predicted molar refractivity (Wildman–Crippen MR) is 84.8 cm³/mol. The van der Waals surface area contributed by atoms with Crippen LogP contribution in [0.15, 0.2) is 24.3 Å². The van der Waals surface area contributed by atoms with E-state index in [9.17, 15) is 4.79 Å². The quantitative estimate of drug-likeness (QED) is 0.659. The number of nitrogens with one attached hydrogen (secondary N) is 2. The summed E-state index contributed by atoms with van der Waals surface area (Å²) in [5, 5.41) is 6.29. The highest BCUT2D eigenvalue weighted by Gasteiger charge is 2.28. The molecule has 0 spiro atoms. The lowest BCUT2D eigenvalue weighted by atomic mass is 9.97. The summed E-state index contributed by atoms with van der Waals surface area (Å²) in [6.07, 6.45) is 1.93. The lowest BCUT2D eigenvalue weighted by molar-refractivity contribution is 0.0693. The number of nitrogen functional groups attached to an aromatic ring is 1. The number of imidazole rings is 1. The van der Waals surface area contributed by atoms with E-state index in [1.165, 1.54) is 0 Å². The fourth-order valence-corrected chi connectivity index (χ4v) is 3.07. The molecule has 23 heavy (non-hydrogen) atoms. The van der Waals surface area contributed by atoms with E-state index in [1.807, 2.05) is 24.3 Å². The van der Waals surface area contributed by atoms with Crippen LogP contribution in [0.25, 0.3) is 11.0 Å². The van der Waals surface area contributed by atoms with Gasteiger partial charge in [-0.15, -0.1) is 5.10 Å². The molecule has 8 heteroatoms. The number of benzene rings is 1. The third-order valence-corrected chi connectivity index (χ3v) is 4.21. The van der Waals surface area contributed by atoms with Gasteiger partial charge in [-0.1, -0.05) is 12.1 Å². The summed E-state index contributed by atoms with van der Waals surface area (Å²) in [5.41, 5.74) is 7.44. The van der Waals surface area contributed by atoms with Crippen molar-refractivity contribution in [3.05, 3.63) is 35.9 Å². The molecule has 1 saturated heterocycles. The van der Waals surface area contributed by atoms with Gasteiger partial charge in [-0.2, -0.15) is 4.98 Å². The van der Waals surface area contributed by atoms with Crippen molar-refractivity contribution >= 4 is 22.9 Å². The Morgan fingerprint density at radius 2 is 2.17 bits per heavy atom. The number of fused-ring (bicyclic) bond motifs is 1. The molecule has 3 heterocycles. The Morgan fingerprint density at radius 3 is 2.96 bits per heavy atom. The van der Waals surface area contributed by atoms with Gasteiger partial charge < -0.3 is 15.6 Å². The Labute approximate surface area is 132 Å². The Kier molecular flexibility index (Phi) is 3.22. The summed E-state index contributed by atoms with van der Waals surface area (Å²) in [6.45, 7) is 1.31. The molecule has 1 fully saturated rings. The molecule has 0 radical (unpaired) electrons. The SMILES string of the molecule is Nc1n[nH]c(C(=O)N2CCC[C@H](c3nc4ccccc4[nH]3)C2)n1. The number of nitrogens with two attached hydrogens (primary N) is 1. The van der Waals surface area contributed by atoms with Crippen LogP contribution in [-0.2, 0) is 0 Å². The zero-order chi connectivity index (χ0) is 15.8. The zero-order valence-corrected chi connectivity index (χ0v) is 12.5. The van der Waals surface area contributed by atoms with E-state index in [1.54, 1.807) is 4.90 Å². The van der Waals surface area contributed by atoms with Crippen molar-refractivity contribution in [2.45, 2.75) is 18.8 Å². The van der Waals surface area contributed by atoms with Gasteiger partial charge in [-0.25, -0.2) is 4.98 Å². The first-order valence-electron chi connectivity index (χ1n) is 7.62. The number of carbonyl (C=O) groups excluding carboxylic acids is 1. The van der Waals surface area contributed by atoms with Gasteiger partial charge in [0.1, 0.15) is 5.82 Å². The largest absolute Gasteiger partial charge is 0.366 e. The minimum Gasteiger partial charge on any atom is -0.366 e. The van der Waals surface area contributed by atoms with Gasteiger partial charge in [-0.05, 0) is 25.0 Å². The smallest absolute Gasteiger partial charge is 0.291 e. The number of anilines is 1. The molecule has 0 saturated carbocycles. The van der Waals surface area contributed by atoms with Gasteiger partial charge in [0.2, 0.25) is 11.8 Å². The summed E-state index contributed by atoms with van der Waals surface area (Å²) >= 11 is 0. The third-order valence-electron chi connectivity index (χ3n) is 4.21. The van der Waals surface area contributed by atoms with E-state index in [2.05, 4.69) is 25.1 Å². The lowest BCUT2D eigenvalue weighted by Gasteiger charge is -2.31. The molecule has 4 N–H and O–H groups in total. The minimum absolute atomic E-state index is 0.0826. The fraction of sp³-hybridized carbons (Fsp3) is 0.333. The van der Waals surface area contributed by atoms with E-state index in [-0.39, 0.29) is 23.6 Å². The number of carbonyl (C=O) groups is 1. The number of H-pyrrole nitrogens is 2. The summed E-state index contributed by atoms with van der Waals surface area (Å²) in [6, 6.07) is 7.94. The predicted octanol–water partition coefficient (Wildman–Crippen LogP) is 1.28. The normalized spacial score (nSPS) is 18.4. The Hall–Kier alpha value is -2.90. The molecule has 8 nitrogen and oxygen atoms in total. The molecule has 1 aliphatic heterocycles. The number of likely N-dealkylation sites (tertiary alicyclic amines) is 1. The molecule has 4 rings (SSSR count). The molecule has 0 unspecified atom stereocenters. The van der Waals surface area contributed by atoms with Crippen LogP contribution in [0.5, 0.6) is 0 Å². The second kappa shape index (κ2) is 5.38. The van der Waals surface area contributed by atoms with Gasteiger partial charge in [-0.3, -0.25) is 9.89 Å². The number of hydrogen-bond donors (Lipinski definition) is 3. The van der Waals surface area contributed by atoms with Crippen LogP contribution >= 0.6 is 0 Å². The van der Waals surface area contributed by atoms with Gasteiger partial charge in [0, 0.05) is 19.0 Å². The summed E-state index contributed by atoms with van der Waals surface area (Å²) in [4.78, 5) is 26.2. The van der Waals surface area contributed by atoms with E-state index in [4.69, 9.17) is 5.73 Å². The first-order chi connectivity index (χ1) is 11.2. The fourth-order valence-electron chi connectivity index (χ4n) is 3.07. The maximum absolute atomic E-state index is 12.5. The molecular weight excluding hydrogens is 294 g/mol. The molecule has 1 amide bonds. The molecule has 118 valence electrons. The Morgan fingerprint density at radius 1 is 1.30 bits per heavy atom. The number of rotatable bonds is 2. The number of hydrogen-bond acceptors (Lipinski definition) is 5. The van der Waals surface area contributed by atoms with Crippen molar-refractivity contribution in [3.63, 3.8) is 0 Å². The van der Waals surface area contributed by atoms with E-state index < -0.39 is 0 Å². The van der Waals surface area contributed by atoms with Crippen molar-refractivity contribution in [1.29, 1.82) is 0 Å². The first-order valence-corrected chi connectivity index (χ1v) is 7.62. The second-order valence-corrected chi connectivity index (χ2v) is 5.77. The van der Waals surface area contributed by atoms with Gasteiger partial charge in [0.25, 0.3) is 5.91 Å². The maximum atomic E-state index is 12.5. The number of para-hydroxylation sites is 2. The Balaban J connectivity index is 1.55. The van der Waals surface area contributed by atoms with E-state index >= 15 is 0 Å². The topological polar surface area (TPSA) is 117 Å². The summed E-state index contributed by atoms with van der Waals surface area (Å²) in [5.74, 6) is 1.23. The second-order valence-electron chi connectivity index (χ2n) is 5.77. The number of amides is 1. The van der Waals surface area contributed by atoms with Crippen molar-refractivity contribution in [3.8, 4) is 0 Å². The average molecular weight is 311 g/mol. The number of nitrogens with zero attached hydrogens (tertiary/aromatic N) is 4. The van der Waals surface area contributed by atoms with Crippen LogP contribution in [-0.4, -0.2) is 49.0 Å². The molecule has 0 aliphatic carbocycles. The number of aromatic amines is 2. The van der Waals surface area contributed by atoms with Gasteiger partial charge in [0.15, 0.2) is 0 Å². The van der Waals surface area contributed by atoms with Crippen LogP contribution in [0.4, 0.5) is 5.95 Å². The van der Waals surface area contributed by atoms with Crippen molar-refractivity contribution in [2.75, 3.05) is 18.8 Å². The summed E-state index contributed by atoms with van der Waals surface area (Å²) < 4.78 is 0. The third kappa shape index (κ3) is 2.52. The van der Waals surface area contributed by atoms with Crippen LogP contribution in [0.2, 0.25) is 0 Å². The molecule has 3 aromatic rings. The van der Waals surface area contributed by atoms with Crippen molar-refractivity contribution in [2.24, 2.45) is 0 Å². The minimum atomic E-state index is -0.171. The molecule has 2 aromatic heterocycles. The van der Waals surface area contributed by atoms with Crippen LogP contribution in [0, 0.1) is 0 Å². The van der Waals surface area contributed by atoms with E-state index in [0.717, 1.165) is 29.7 Å². The molecule has 1 atom stereocenters. The van der Waals surface area contributed by atoms with Crippen molar-refractivity contribution < 1.29 is 4.79 Å². The van der Waals surface area contributed by atoms with Crippen LogP contribution in [0.1, 0.15) is 35.2 Å². The zero-order valence-electron chi connectivity index (χ0n) is 12.5. The average Bonchev–Trinajstić information content (AvgIpc) is 3.20. The molecular formula is C15H17N7O. The number of aromatic nitrogens is 5. The number of piperidine rings is 1. The van der Waals surface area contributed by atoms with Crippen molar-refractivity contribution in [1.82, 2.24) is 30.0 Å². The highest BCUT2D eigenvalue weighted by Crippen LogP contribution is 2.27. The Bertz CT molecular complexity index is 819. The molecule has 1 aromatic carbocycles.